The fourth-order valence-corrected chi connectivity index (χ4v) is 3.42. The molecule has 2 nitrogen and oxygen atoms in total. The van der Waals surface area contributed by atoms with Gasteiger partial charge in [-0.15, -0.1) is 0 Å². The van der Waals surface area contributed by atoms with Crippen LogP contribution in [0.3, 0.4) is 0 Å². The minimum absolute atomic E-state index is 0.330. The summed E-state index contributed by atoms with van der Waals surface area (Å²) in [6.07, 6.45) is 2.55. The van der Waals surface area contributed by atoms with Crippen LogP contribution in [-0.2, 0) is 4.74 Å². The van der Waals surface area contributed by atoms with Gasteiger partial charge in [0.1, 0.15) is 6.10 Å². The second-order valence-corrected chi connectivity index (χ2v) is 5.30. The Labute approximate surface area is 96.0 Å². The van der Waals surface area contributed by atoms with E-state index in [1.807, 2.05) is 10.8 Å². The summed E-state index contributed by atoms with van der Waals surface area (Å²) in [7, 11) is 1.68. The van der Waals surface area contributed by atoms with E-state index in [0.717, 1.165) is 29.3 Å². The SMILES string of the molecule is COC1(C(O)c2cscc2Br)CCC1. The molecule has 0 radical (unpaired) electrons. The molecule has 0 amide bonds. The van der Waals surface area contributed by atoms with Crippen molar-refractivity contribution >= 4 is 27.3 Å². The van der Waals surface area contributed by atoms with Crippen LogP contribution in [0.5, 0.6) is 0 Å². The van der Waals surface area contributed by atoms with Crippen molar-refractivity contribution in [3.05, 3.63) is 20.8 Å². The molecule has 0 aromatic carbocycles. The predicted octanol–water partition coefficient (Wildman–Crippen LogP) is 3.11. The van der Waals surface area contributed by atoms with Crippen molar-refractivity contribution in [1.29, 1.82) is 0 Å². The van der Waals surface area contributed by atoms with Gasteiger partial charge in [0, 0.05) is 22.5 Å². The van der Waals surface area contributed by atoms with Crippen LogP contribution in [-0.4, -0.2) is 17.8 Å². The number of ether oxygens (including phenoxy) is 1. The lowest BCUT2D eigenvalue weighted by Crippen LogP contribution is -2.45. The number of rotatable bonds is 3. The van der Waals surface area contributed by atoms with Gasteiger partial charge in [0.2, 0.25) is 0 Å². The van der Waals surface area contributed by atoms with Crippen molar-refractivity contribution in [3.8, 4) is 0 Å². The third kappa shape index (κ3) is 1.54. The maximum Gasteiger partial charge on any atom is 0.110 e. The van der Waals surface area contributed by atoms with Crippen LogP contribution in [0.4, 0.5) is 0 Å². The smallest absolute Gasteiger partial charge is 0.110 e. The lowest BCUT2D eigenvalue weighted by Gasteiger charge is -2.44. The molecule has 4 heteroatoms. The maximum atomic E-state index is 10.2. The highest BCUT2D eigenvalue weighted by molar-refractivity contribution is 9.10. The fraction of sp³-hybridized carbons (Fsp3) is 0.600. The Kier molecular flexibility index (Phi) is 2.98. The Hall–Kier alpha value is 0.100. The van der Waals surface area contributed by atoms with E-state index in [2.05, 4.69) is 15.9 Å². The number of thiophene rings is 1. The molecule has 0 saturated heterocycles. The summed E-state index contributed by atoms with van der Waals surface area (Å²) in [5.41, 5.74) is 0.625. The summed E-state index contributed by atoms with van der Waals surface area (Å²) in [4.78, 5) is 0. The monoisotopic (exact) mass is 276 g/mol. The van der Waals surface area contributed by atoms with Gasteiger partial charge in [0.15, 0.2) is 0 Å². The second kappa shape index (κ2) is 3.93. The molecule has 0 bridgehead atoms. The van der Waals surface area contributed by atoms with E-state index < -0.39 is 6.10 Å². The van der Waals surface area contributed by atoms with Crippen molar-refractivity contribution in [2.75, 3.05) is 7.11 Å². The zero-order valence-corrected chi connectivity index (χ0v) is 10.4. The summed E-state index contributed by atoms with van der Waals surface area (Å²) < 4.78 is 6.43. The topological polar surface area (TPSA) is 29.5 Å². The number of hydrogen-bond donors (Lipinski definition) is 1. The fourth-order valence-electron chi connectivity index (χ4n) is 1.88. The molecular weight excluding hydrogens is 264 g/mol. The van der Waals surface area contributed by atoms with Gasteiger partial charge in [0.25, 0.3) is 0 Å². The van der Waals surface area contributed by atoms with Gasteiger partial charge >= 0.3 is 0 Å². The molecule has 0 spiro atoms. The summed E-state index contributed by atoms with van der Waals surface area (Å²) in [5.74, 6) is 0. The first-order valence-electron chi connectivity index (χ1n) is 4.64. The molecule has 14 heavy (non-hydrogen) atoms. The quantitative estimate of drug-likeness (QED) is 0.919. The van der Waals surface area contributed by atoms with Crippen LogP contribution in [0.15, 0.2) is 15.2 Å². The van der Waals surface area contributed by atoms with Crippen LogP contribution in [0.25, 0.3) is 0 Å². The Morgan fingerprint density at radius 3 is 2.64 bits per heavy atom. The molecule has 1 saturated carbocycles. The van der Waals surface area contributed by atoms with Gasteiger partial charge in [-0.3, -0.25) is 0 Å². The first kappa shape index (κ1) is 10.6. The lowest BCUT2D eigenvalue weighted by atomic mass is 9.74. The molecule has 1 aromatic heterocycles. The Morgan fingerprint density at radius 2 is 2.29 bits per heavy atom. The van der Waals surface area contributed by atoms with Gasteiger partial charge < -0.3 is 9.84 Å². The number of hydrogen-bond acceptors (Lipinski definition) is 3. The summed E-state index contributed by atoms with van der Waals surface area (Å²) >= 11 is 5.03. The molecule has 1 aliphatic carbocycles. The minimum atomic E-state index is -0.498. The van der Waals surface area contributed by atoms with Crippen LogP contribution in [0, 0.1) is 0 Å². The van der Waals surface area contributed by atoms with Crippen molar-refractivity contribution in [2.24, 2.45) is 0 Å². The van der Waals surface area contributed by atoms with Crippen molar-refractivity contribution in [3.63, 3.8) is 0 Å². The van der Waals surface area contributed by atoms with Crippen LogP contribution >= 0.6 is 27.3 Å². The molecule has 0 aliphatic heterocycles. The zero-order chi connectivity index (χ0) is 10.2. The molecule has 1 fully saturated rings. The van der Waals surface area contributed by atoms with E-state index in [-0.39, 0.29) is 5.60 Å². The zero-order valence-electron chi connectivity index (χ0n) is 8.00. The van der Waals surface area contributed by atoms with E-state index in [0.29, 0.717) is 0 Å². The van der Waals surface area contributed by atoms with Gasteiger partial charge in [-0.1, -0.05) is 0 Å². The van der Waals surface area contributed by atoms with Crippen LogP contribution in [0.2, 0.25) is 0 Å². The number of aliphatic hydroxyl groups excluding tert-OH is 1. The first-order valence-corrected chi connectivity index (χ1v) is 6.38. The third-order valence-corrected chi connectivity index (χ3v) is 4.79. The Morgan fingerprint density at radius 1 is 1.57 bits per heavy atom. The highest BCUT2D eigenvalue weighted by Gasteiger charge is 2.45. The highest BCUT2D eigenvalue weighted by atomic mass is 79.9. The number of halogens is 1. The van der Waals surface area contributed by atoms with Crippen molar-refractivity contribution in [1.82, 2.24) is 0 Å². The minimum Gasteiger partial charge on any atom is -0.385 e. The van der Waals surface area contributed by atoms with E-state index in [1.165, 1.54) is 0 Å². The van der Waals surface area contributed by atoms with Gasteiger partial charge in [-0.25, -0.2) is 0 Å². The molecule has 78 valence electrons. The van der Waals surface area contributed by atoms with E-state index in [1.54, 1.807) is 18.4 Å². The molecule has 1 N–H and O–H groups in total. The first-order chi connectivity index (χ1) is 6.69. The molecule has 1 heterocycles. The van der Waals surface area contributed by atoms with Crippen LogP contribution in [0.1, 0.15) is 30.9 Å². The molecule has 2 rings (SSSR count). The summed E-state index contributed by atoms with van der Waals surface area (Å²) in [6.45, 7) is 0. The van der Waals surface area contributed by atoms with Gasteiger partial charge in [0.05, 0.1) is 5.60 Å². The molecule has 1 aromatic rings. The van der Waals surface area contributed by atoms with E-state index >= 15 is 0 Å². The standard InChI is InChI=1S/C10H13BrO2S/c1-13-10(3-2-4-10)9(12)7-5-14-6-8(7)11/h5-6,9,12H,2-4H2,1H3. The van der Waals surface area contributed by atoms with Crippen molar-refractivity contribution in [2.45, 2.75) is 31.0 Å². The summed E-state index contributed by atoms with van der Waals surface area (Å²) in [6, 6.07) is 0. The van der Waals surface area contributed by atoms with Gasteiger partial charge in [-0.2, -0.15) is 11.3 Å². The summed E-state index contributed by atoms with van der Waals surface area (Å²) in [5, 5.41) is 14.2. The van der Waals surface area contributed by atoms with E-state index in [9.17, 15) is 5.11 Å². The molecule has 1 atom stereocenters. The Bertz CT molecular complexity index is 314. The molecule has 1 aliphatic rings. The van der Waals surface area contributed by atoms with Gasteiger partial charge in [-0.05, 0) is 40.6 Å². The Balaban J connectivity index is 2.22. The molecule has 1 unspecified atom stereocenters. The number of aliphatic hydroxyl groups is 1. The maximum absolute atomic E-state index is 10.2. The third-order valence-electron chi connectivity index (χ3n) is 3.04. The average molecular weight is 277 g/mol. The largest absolute Gasteiger partial charge is 0.385 e. The highest BCUT2D eigenvalue weighted by Crippen LogP contribution is 2.46. The number of methoxy groups -OCH3 is 1. The van der Waals surface area contributed by atoms with Crippen molar-refractivity contribution < 1.29 is 9.84 Å². The molecular formula is C10H13BrO2S. The normalized spacial score (nSPS) is 21.6. The predicted molar refractivity (Wildman–Crippen MR) is 60.6 cm³/mol. The lowest BCUT2D eigenvalue weighted by molar-refractivity contribution is -0.151. The van der Waals surface area contributed by atoms with E-state index in [4.69, 9.17) is 4.74 Å². The second-order valence-electron chi connectivity index (χ2n) is 3.70. The average Bonchev–Trinajstić information content (AvgIpc) is 2.50. The van der Waals surface area contributed by atoms with Crippen LogP contribution < -0.4 is 0 Å².